The zero-order valence-corrected chi connectivity index (χ0v) is 33.2. The van der Waals surface area contributed by atoms with Gasteiger partial charge in [-0.15, -0.1) is 0 Å². The molecular formula is C40H84O3SSi. The summed E-state index contributed by atoms with van der Waals surface area (Å²) in [6.07, 6.45) is 45.9. The van der Waals surface area contributed by atoms with Crippen molar-refractivity contribution in [2.75, 3.05) is 25.6 Å². The van der Waals surface area contributed by atoms with E-state index in [1.54, 1.807) is 0 Å². The van der Waals surface area contributed by atoms with Crippen molar-refractivity contribution in [3.63, 3.8) is 0 Å². The van der Waals surface area contributed by atoms with Crippen LogP contribution in [0.15, 0.2) is 0 Å². The Morgan fingerprint density at radius 3 is 0.644 bits per heavy atom. The molecule has 0 aliphatic rings. The van der Waals surface area contributed by atoms with E-state index in [0.29, 0.717) is 19.8 Å². The SMILES string of the molecule is CCO[Si](CCCCCCCCCCCCCCCCCCCCCCCCCCCCCCCCCCS)(OCC)OCC. The number of unbranched alkanes of at least 4 members (excludes halogenated alkanes) is 31. The summed E-state index contributed by atoms with van der Waals surface area (Å²) in [7, 11) is -2.42. The third kappa shape index (κ3) is 34.1. The summed E-state index contributed by atoms with van der Waals surface area (Å²) in [5, 5.41) is 0. The van der Waals surface area contributed by atoms with Gasteiger partial charge in [0.25, 0.3) is 0 Å². The third-order valence-electron chi connectivity index (χ3n) is 9.48. The molecule has 0 atom stereocenters. The summed E-state index contributed by atoms with van der Waals surface area (Å²) in [4.78, 5) is 0. The normalized spacial score (nSPS) is 12.0. The summed E-state index contributed by atoms with van der Waals surface area (Å²) in [6, 6.07) is 0.973. The molecule has 0 heterocycles. The highest BCUT2D eigenvalue weighted by Crippen LogP contribution is 2.21. The van der Waals surface area contributed by atoms with Crippen molar-refractivity contribution in [1.29, 1.82) is 0 Å². The zero-order valence-electron chi connectivity index (χ0n) is 31.3. The molecule has 0 bridgehead atoms. The van der Waals surface area contributed by atoms with Crippen molar-refractivity contribution < 1.29 is 13.3 Å². The van der Waals surface area contributed by atoms with E-state index < -0.39 is 8.80 Å². The number of hydrogen-bond acceptors (Lipinski definition) is 4. The molecule has 272 valence electrons. The maximum atomic E-state index is 5.97. The molecule has 3 nitrogen and oxygen atoms in total. The van der Waals surface area contributed by atoms with Gasteiger partial charge in [0, 0.05) is 25.9 Å². The zero-order chi connectivity index (χ0) is 32.8. The lowest BCUT2D eigenvalue weighted by Gasteiger charge is -2.28. The fraction of sp³-hybridized carbons (Fsp3) is 1.00. The van der Waals surface area contributed by atoms with Crippen LogP contribution in [0.5, 0.6) is 0 Å². The molecule has 0 aromatic rings. The molecule has 0 N–H and O–H groups in total. The monoisotopic (exact) mass is 673 g/mol. The van der Waals surface area contributed by atoms with E-state index in [1.807, 2.05) is 20.8 Å². The van der Waals surface area contributed by atoms with Gasteiger partial charge >= 0.3 is 8.80 Å². The van der Waals surface area contributed by atoms with E-state index in [4.69, 9.17) is 13.3 Å². The Hall–Kier alpha value is 0.447. The van der Waals surface area contributed by atoms with Gasteiger partial charge in [0.2, 0.25) is 0 Å². The Bertz CT molecular complexity index is 519. The van der Waals surface area contributed by atoms with Crippen molar-refractivity contribution >= 4 is 21.4 Å². The second-order valence-corrected chi connectivity index (χ2v) is 16.9. The maximum absolute atomic E-state index is 5.97. The predicted molar refractivity (Wildman–Crippen MR) is 207 cm³/mol. The Morgan fingerprint density at radius 1 is 0.289 bits per heavy atom. The van der Waals surface area contributed by atoms with Crippen LogP contribution in [0.1, 0.15) is 226 Å². The van der Waals surface area contributed by atoms with Crippen molar-refractivity contribution in [1.82, 2.24) is 0 Å². The lowest BCUT2D eigenvalue weighted by molar-refractivity contribution is 0.0706. The fourth-order valence-electron chi connectivity index (χ4n) is 6.76. The first-order valence-electron chi connectivity index (χ1n) is 20.8. The number of thiol groups is 1. The molecule has 0 spiro atoms. The quantitative estimate of drug-likeness (QED) is 0.0399. The largest absolute Gasteiger partial charge is 0.500 e. The van der Waals surface area contributed by atoms with Gasteiger partial charge in [0.1, 0.15) is 0 Å². The number of hydrogen-bond donors (Lipinski definition) is 1. The molecule has 0 aromatic heterocycles. The Labute approximate surface area is 291 Å². The first-order chi connectivity index (χ1) is 22.2. The van der Waals surface area contributed by atoms with Crippen molar-refractivity contribution in [3.8, 4) is 0 Å². The minimum atomic E-state index is -2.42. The summed E-state index contributed by atoms with van der Waals surface area (Å²) in [6.45, 7) is 8.19. The molecule has 5 heteroatoms. The summed E-state index contributed by atoms with van der Waals surface area (Å²) < 4.78 is 17.9. The summed E-state index contributed by atoms with van der Waals surface area (Å²) in [5.74, 6) is 1.06. The average molecular weight is 673 g/mol. The first-order valence-corrected chi connectivity index (χ1v) is 23.3. The van der Waals surface area contributed by atoms with Gasteiger partial charge < -0.3 is 13.3 Å². The van der Waals surface area contributed by atoms with Gasteiger partial charge in [0.05, 0.1) is 0 Å². The first kappa shape index (κ1) is 45.4. The smallest absolute Gasteiger partial charge is 0.374 e. The van der Waals surface area contributed by atoms with Crippen LogP contribution in [0, 0.1) is 0 Å². The number of rotatable bonds is 40. The van der Waals surface area contributed by atoms with Gasteiger partial charge in [0.15, 0.2) is 0 Å². The molecule has 0 fully saturated rings. The van der Waals surface area contributed by atoms with Crippen LogP contribution in [0.25, 0.3) is 0 Å². The lowest BCUT2D eigenvalue weighted by Crippen LogP contribution is -2.45. The molecular weight excluding hydrogens is 589 g/mol. The Balaban J connectivity index is 3.22. The molecule has 0 aromatic carbocycles. The Kier molecular flexibility index (Phi) is 39.3. The highest BCUT2D eigenvalue weighted by Gasteiger charge is 2.39. The van der Waals surface area contributed by atoms with E-state index in [2.05, 4.69) is 12.6 Å². The van der Waals surface area contributed by atoms with E-state index in [9.17, 15) is 0 Å². The van der Waals surface area contributed by atoms with E-state index in [0.717, 1.165) is 11.8 Å². The van der Waals surface area contributed by atoms with Crippen LogP contribution in [0.2, 0.25) is 6.04 Å². The molecule has 0 saturated heterocycles. The van der Waals surface area contributed by atoms with Gasteiger partial charge in [-0.1, -0.05) is 193 Å². The molecule has 0 radical (unpaired) electrons. The van der Waals surface area contributed by atoms with Crippen LogP contribution in [-0.2, 0) is 13.3 Å². The summed E-state index contributed by atoms with van der Waals surface area (Å²) >= 11 is 4.29. The average Bonchev–Trinajstić information content (AvgIpc) is 3.03. The lowest BCUT2D eigenvalue weighted by atomic mass is 10.0. The van der Waals surface area contributed by atoms with E-state index in [1.165, 1.54) is 205 Å². The molecule has 0 saturated carbocycles. The van der Waals surface area contributed by atoms with E-state index >= 15 is 0 Å². The van der Waals surface area contributed by atoms with Crippen LogP contribution in [0.4, 0.5) is 0 Å². The third-order valence-corrected chi connectivity index (χ3v) is 13.0. The van der Waals surface area contributed by atoms with Crippen molar-refractivity contribution in [3.05, 3.63) is 0 Å². The molecule has 0 rings (SSSR count). The Morgan fingerprint density at radius 2 is 0.467 bits per heavy atom. The summed E-state index contributed by atoms with van der Waals surface area (Å²) in [5.41, 5.74) is 0. The van der Waals surface area contributed by atoms with Gasteiger partial charge in [-0.05, 0) is 39.4 Å². The van der Waals surface area contributed by atoms with Crippen LogP contribution < -0.4 is 0 Å². The van der Waals surface area contributed by atoms with Crippen molar-refractivity contribution in [2.24, 2.45) is 0 Å². The minimum Gasteiger partial charge on any atom is -0.374 e. The molecule has 0 aliphatic heterocycles. The fourth-order valence-corrected chi connectivity index (χ4v) is 9.67. The molecule has 0 unspecified atom stereocenters. The highest BCUT2D eigenvalue weighted by molar-refractivity contribution is 7.80. The van der Waals surface area contributed by atoms with Gasteiger partial charge in [-0.3, -0.25) is 0 Å². The second-order valence-electron chi connectivity index (χ2n) is 13.8. The predicted octanol–water partition coefficient (Wildman–Crippen LogP) is 14.4. The minimum absolute atomic E-state index is 0.686. The van der Waals surface area contributed by atoms with Gasteiger partial charge in [-0.2, -0.15) is 12.6 Å². The van der Waals surface area contributed by atoms with E-state index in [-0.39, 0.29) is 0 Å². The molecule has 0 aliphatic carbocycles. The van der Waals surface area contributed by atoms with Crippen LogP contribution >= 0.6 is 12.6 Å². The molecule has 0 amide bonds. The maximum Gasteiger partial charge on any atom is 0.500 e. The van der Waals surface area contributed by atoms with Crippen molar-refractivity contribution in [2.45, 2.75) is 232 Å². The molecule has 45 heavy (non-hydrogen) atoms. The standard InChI is InChI=1S/C40H84O3SSi/c1-4-41-45(42-5-2,43-6-3)40-38-36-34-32-30-28-26-24-22-20-18-16-14-12-10-8-7-9-11-13-15-17-19-21-23-25-27-29-31-33-35-37-39-44/h44H,4-40H2,1-3H3. The van der Waals surface area contributed by atoms with Crippen LogP contribution in [0.3, 0.4) is 0 Å². The highest BCUT2D eigenvalue weighted by atomic mass is 32.1. The second kappa shape index (κ2) is 38.9. The topological polar surface area (TPSA) is 27.7 Å². The van der Waals surface area contributed by atoms with Crippen LogP contribution in [-0.4, -0.2) is 34.4 Å². The van der Waals surface area contributed by atoms with Gasteiger partial charge in [-0.25, -0.2) is 0 Å².